The van der Waals surface area contributed by atoms with E-state index in [9.17, 15) is 0 Å². The van der Waals surface area contributed by atoms with E-state index in [4.69, 9.17) is 14.2 Å². The van der Waals surface area contributed by atoms with Crippen molar-refractivity contribution >= 4 is 23.0 Å². The third-order valence-electron chi connectivity index (χ3n) is 4.43. The van der Waals surface area contributed by atoms with Crippen LogP contribution in [0.15, 0.2) is 85.2 Å². The summed E-state index contributed by atoms with van der Waals surface area (Å²) < 4.78 is 16.8. The molecule has 0 amide bonds. The van der Waals surface area contributed by atoms with E-state index >= 15 is 0 Å². The number of fused-ring (bicyclic) bond motifs is 1. The predicted molar refractivity (Wildman–Crippen MR) is 114 cm³/mol. The first-order valence-corrected chi connectivity index (χ1v) is 9.41. The highest BCUT2D eigenvalue weighted by Gasteiger charge is 2.13. The van der Waals surface area contributed by atoms with E-state index < -0.39 is 0 Å². The van der Waals surface area contributed by atoms with Gasteiger partial charge in [-0.25, -0.2) is 9.97 Å². The Morgan fingerprint density at radius 1 is 0.733 bits per heavy atom. The molecule has 2 N–H and O–H groups in total. The number of rotatable bonds is 6. The van der Waals surface area contributed by atoms with Crippen molar-refractivity contribution in [1.29, 1.82) is 0 Å². The lowest BCUT2D eigenvalue weighted by molar-refractivity contribution is 0.174. The molecule has 0 aliphatic carbocycles. The second-order valence-corrected chi connectivity index (χ2v) is 6.52. The standard InChI is InChI=1S/C23H18N4O3/c1-2-6-17(7-3-1)30-19-9-5-4-8-18(19)27-23-13-22(24-14-25-23)26-16-10-11-20-21(12-16)29-15-28-20/h1-14H,15H2,(H2,24,25,26,27). The zero-order valence-corrected chi connectivity index (χ0v) is 15.9. The molecule has 7 heteroatoms. The van der Waals surface area contributed by atoms with Gasteiger partial charge in [0, 0.05) is 17.8 Å². The van der Waals surface area contributed by atoms with Crippen LogP contribution in [0.4, 0.5) is 23.0 Å². The molecule has 3 aromatic carbocycles. The van der Waals surface area contributed by atoms with E-state index in [0.717, 1.165) is 22.9 Å². The van der Waals surface area contributed by atoms with Gasteiger partial charge in [-0.15, -0.1) is 0 Å². The van der Waals surface area contributed by atoms with Crippen molar-refractivity contribution in [2.24, 2.45) is 0 Å². The lowest BCUT2D eigenvalue weighted by Gasteiger charge is -2.13. The molecule has 1 aliphatic heterocycles. The Hall–Kier alpha value is -4.26. The van der Waals surface area contributed by atoms with Gasteiger partial charge in [0.2, 0.25) is 6.79 Å². The van der Waals surface area contributed by atoms with Crippen LogP contribution >= 0.6 is 0 Å². The quantitative estimate of drug-likeness (QED) is 0.445. The van der Waals surface area contributed by atoms with Gasteiger partial charge in [-0.2, -0.15) is 0 Å². The highest BCUT2D eigenvalue weighted by Crippen LogP contribution is 2.35. The summed E-state index contributed by atoms with van der Waals surface area (Å²) in [5, 5.41) is 6.56. The highest BCUT2D eigenvalue weighted by molar-refractivity contribution is 5.68. The number of hydrogen-bond donors (Lipinski definition) is 2. The molecule has 30 heavy (non-hydrogen) atoms. The van der Waals surface area contributed by atoms with Crippen LogP contribution in [0.1, 0.15) is 0 Å². The summed E-state index contributed by atoms with van der Waals surface area (Å²) in [6, 6.07) is 24.8. The van der Waals surface area contributed by atoms with Gasteiger partial charge in [0.05, 0.1) is 5.69 Å². The molecular weight excluding hydrogens is 380 g/mol. The average molecular weight is 398 g/mol. The second kappa shape index (κ2) is 8.00. The molecule has 5 rings (SSSR count). The molecule has 7 nitrogen and oxygen atoms in total. The Bertz CT molecular complexity index is 1170. The third-order valence-corrected chi connectivity index (χ3v) is 4.43. The largest absolute Gasteiger partial charge is 0.455 e. The zero-order chi connectivity index (χ0) is 20.2. The lowest BCUT2D eigenvalue weighted by atomic mass is 10.2. The fraction of sp³-hybridized carbons (Fsp3) is 0.0435. The van der Waals surface area contributed by atoms with Crippen LogP contribution in [0.3, 0.4) is 0 Å². The Morgan fingerprint density at radius 3 is 2.40 bits per heavy atom. The third kappa shape index (κ3) is 3.95. The van der Waals surface area contributed by atoms with E-state index in [-0.39, 0.29) is 6.79 Å². The number of hydrogen-bond acceptors (Lipinski definition) is 7. The van der Waals surface area contributed by atoms with E-state index in [0.29, 0.717) is 23.1 Å². The van der Waals surface area contributed by atoms with Crippen LogP contribution in [-0.4, -0.2) is 16.8 Å². The molecule has 0 spiro atoms. The Balaban J connectivity index is 1.34. The maximum absolute atomic E-state index is 6.00. The van der Waals surface area contributed by atoms with Crippen molar-refractivity contribution in [2.75, 3.05) is 17.4 Å². The topological polar surface area (TPSA) is 77.5 Å². The minimum atomic E-state index is 0.241. The van der Waals surface area contributed by atoms with Crippen molar-refractivity contribution in [3.05, 3.63) is 85.2 Å². The monoisotopic (exact) mass is 398 g/mol. The van der Waals surface area contributed by atoms with Gasteiger partial charge in [0.1, 0.15) is 23.7 Å². The molecule has 2 heterocycles. The Kier molecular flexibility index (Phi) is 4.75. The number of para-hydroxylation sites is 3. The molecule has 1 aromatic heterocycles. The van der Waals surface area contributed by atoms with Crippen molar-refractivity contribution in [3.8, 4) is 23.0 Å². The first-order valence-electron chi connectivity index (χ1n) is 9.41. The van der Waals surface area contributed by atoms with E-state index in [2.05, 4.69) is 20.6 Å². The summed E-state index contributed by atoms with van der Waals surface area (Å²) in [4.78, 5) is 8.61. The van der Waals surface area contributed by atoms with Crippen LogP contribution in [0.5, 0.6) is 23.0 Å². The van der Waals surface area contributed by atoms with Gasteiger partial charge in [-0.3, -0.25) is 0 Å². The zero-order valence-electron chi connectivity index (χ0n) is 15.9. The fourth-order valence-electron chi connectivity index (χ4n) is 3.03. The maximum Gasteiger partial charge on any atom is 0.231 e. The molecule has 0 saturated heterocycles. The molecule has 0 bridgehead atoms. The first-order chi connectivity index (χ1) is 14.8. The molecule has 0 radical (unpaired) electrons. The van der Waals surface area contributed by atoms with Gasteiger partial charge in [0.25, 0.3) is 0 Å². The van der Waals surface area contributed by atoms with Crippen molar-refractivity contribution in [2.45, 2.75) is 0 Å². The predicted octanol–water partition coefficient (Wildman–Crippen LogP) is 5.48. The summed E-state index contributed by atoms with van der Waals surface area (Å²) in [6.45, 7) is 0.241. The minimum absolute atomic E-state index is 0.241. The van der Waals surface area contributed by atoms with Gasteiger partial charge in [-0.1, -0.05) is 30.3 Å². The van der Waals surface area contributed by atoms with Crippen LogP contribution in [-0.2, 0) is 0 Å². The molecule has 1 aliphatic rings. The summed E-state index contributed by atoms with van der Waals surface area (Å²) in [5.41, 5.74) is 1.64. The lowest BCUT2D eigenvalue weighted by Crippen LogP contribution is -1.99. The minimum Gasteiger partial charge on any atom is -0.455 e. The molecule has 4 aromatic rings. The Labute approximate surface area is 173 Å². The number of nitrogens with one attached hydrogen (secondary N) is 2. The normalized spacial score (nSPS) is 11.7. The SMILES string of the molecule is c1ccc(Oc2ccccc2Nc2cc(Nc3ccc4c(c3)OCO4)ncn2)cc1. The van der Waals surface area contributed by atoms with Gasteiger partial charge < -0.3 is 24.8 Å². The first kappa shape index (κ1) is 17.8. The molecule has 0 fully saturated rings. The fourth-order valence-corrected chi connectivity index (χ4v) is 3.03. The van der Waals surface area contributed by atoms with Crippen molar-refractivity contribution in [3.63, 3.8) is 0 Å². The number of benzene rings is 3. The van der Waals surface area contributed by atoms with Gasteiger partial charge >= 0.3 is 0 Å². The molecular formula is C23H18N4O3. The van der Waals surface area contributed by atoms with Crippen LogP contribution in [0, 0.1) is 0 Å². The number of ether oxygens (including phenoxy) is 3. The summed E-state index contributed by atoms with van der Waals surface area (Å²) in [5.74, 6) is 4.19. The maximum atomic E-state index is 6.00. The van der Waals surface area contributed by atoms with Crippen molar-refractivity contribution < 1.29 is 14.2 Å². The van der Waals surface area contributed by atoms with Crippen LogP contribution in [0.25, 0.3) is 0 Å². The van der Waals surface area contributed by atoms with Gasteiger partial charge in [0.15, 0.2) is 17.2 Å². The summed E-state index contributed by atoms with van der Waals surface area (Å²) in [6.07, 6.45) is 1.50. The number of aromatic nitrogens is 2. The van der Waals surface area contributed by atoms with Gasteiger partial charge in [-0.05, 0) is 36.4 Å². The smallest absolute Gasteiger partial charge is 0.231 e. The van der Waals surface area contributed by atoms with E-state index in [1.54, 1.807) is 0 Å². The molecule has 0 saturated carbocycles. The molecule has 0 atom stereocenters. The average Bonchev–Trinajstić information content (AvgIpc) is 3.24. The Morgan fingerprint density at radius 2 is 1.50 bits per heavy atom. The highest BCUT2D eigenvalue weighted by atomic mass is 16.7. The second-order valence-electron chi connectivity index (χ2n) is 6.52. The molecule has 0 unspecified atom stereocenters. The van der Waals surface area contributed by atoms with E-state index in [1.165, 1.54) is 6.33 Å². The van der Waals surface area contributed by atoms with Crippen LogP contribution in [0.2, 0.25) is 0 Å². The van der Waals surface area contributed by atoms with E-state index in [1.807, 2.05) is 78.9 Å². The number of nitrogens with zero attached hydrogens (tertiary/aromatic N) is 2. The molecule has 148 valence electrons. The van der Waals surface area contributed by atoms with Crippen molar-refractivity contribution in [1.82, 2.24) is 9.97 Å². The summed E-state index contributed by atoms with van der Waals surface area (Å²) >= 11 is 0. The summed E-state index contributed by atoms with van der Waals surface area (Å²) in [7, 11) is 0. The van der Waals surface area contributed by atoms with Crippen LogP contribution < -0.4 is 24.8 Å². The number of anilines is 4.